The third-order valence-electron chi connectivity index (χ3n) is 5.79. The summed E-state index contributed by atoms with van der Waals surface area (Å²) in [4.78, 5) is 39.8. The lowest BCUT2D eigenvalue weighted by Crippen LogP contribution is -2.25. The van der Waals surface area contributed by atoms with Crippen molar-refractivity contribution in [3.8, 4) is 6.07 Å². The van der Waals surface area contributed by atoms with Crippen molar-refractivity contribution < 1.29 is 65.2 Å². The molecule has 0 aromatic heterocycles. The summed E-state index contributed by atoms with van der Waals surface area (Å²) >= 11 is 0. The van der Waals surface area contributed by atoms with Gasteiger partial charge in [-0.15, -0.1) is 0 Å². The van der Waals surface area contributed by atoms with Crippen molar-refractivity contribution in [1.29, 1.82) is 5.26 Å². The van der Waals surface area contributed by atoms with E-state index in [-0.39, 0.29) is 44.2 Å². The number of primary amides is 1. The number of hydrogen-bond acceptors (Lipinski definition) is 11. The van der Waals surface area contributed by atoms with Gasteiger partial charge in [0, 0.05) is 37.9 Å². The third kappa shape index (κ3) is 37.8. The third-order valence-corrected chi connectivity index (χ3v) is 5.79. The van der Waals surface area contributed by atoms with Crippen molar-refractivity contribution in [2.45, 2.75) is 71.6 Å². The summed E-state index contributed by atoms with van der Waals surface area (Å²) in [6.45, 7) is 8.74. The monoisotopic (exact) mass is 775 g/mol. The molecular weight excluding hydrogens is 717 g/mol. The molecule has 0 spiro atoms. The molecule has 53 heavy (non-hydrogen) atoms. The van der Waals surface area contributed by atoms with Gasteiger partial charge in [-0.2, -0.15) is 5.26 Å². The first-order valence-corrected chi connectivity index (χ1v) is 17.1. The maximum atomic E-state index is 13.5. The zero-order valence-corrected chi connectivity index (χ0v) is 31.0. The van der Waals surface area contributed by atoms with E-state index in [1.54, 1.807) is 0 Å². The summed E-state index contributed by atoms with van der Waals surface area (Å²) in [5.74, 6) is -10.0. The maximum Gasteiger partial charge on any atom is 0.290 e. The highest BCUT2D eigenvalue weighted by Crippen LogP contribution is 2.24. The molecule has 0 heterocycles. The number of hydrogen-bond donors (Lipinski definition) is 5. The Kier molecular flexibility index (Phi) is 46.8. The van der Waals surface area contributed by atoms with Crippen LogP contribution in [-0.2, 0) is 44.5 Å². The zero-order chi connectivity index (χ0) is 41.1. The Morgan fingerprint density at radius 2 is 1.26 bits per heavy atom. The minimum atomic E-state index is -2.16. The summed E-state index contributed by atoms with van der Waals surface area (Å²) in [6.07, 6.45) is 4.07. The van der Waals surface area contributed by atoms with Gasteiger partial charge in [0.05, 0.1) is 65.3 Å². The van der Waals surface area contributed by atoms with Crippen LogP contribution in [-0.4, -0.2) is 109 Å². The van der Waals surface area contributed by atoms with E-state index in [2.05, 4.69) is 10.6 Å². The van der Waals surface area contributed by atoms with Crippen molar-refractivity contribution in [1.82, 2.24) is 10.6 Å². The highest BCUT2D eigenvalue weighted by atomic mass is 19.2. The number of aldehydes is 1. The van der Waals surface area contributed by atoms with Gasteiger partial charge in [-0.25, -0.2) is 22.0 Å². The molecule has 0 bridgehead atoms. The molecule has 0 aliphatic heterocycles. The first-order valence-electron chi connectivity index (χ1n) is 17.1. The summed E-state index contributed by atoms with van der Waals surface area (Å²) < 4.78 is 86.5. The Morgan fingerprint density at radius 1 is 0.755 bits per heavy atom. The smallest absolute Gasteiger partial charge is 0.290 e. The van der Waals surface area contributed by atoms with Crippen molar-refractivity contribution >= 4 is 24.6 Å². The summed E-state index contributed by atoms with van der Waals surface area (Å²) in [5, 5.41) is 20.6. The molecule has 0 atom stereocenters. The molecule has 1 aromatic rings. The molecule has 7 N–H and O–H groups in total. The predicted molar refractivity (Wildman–Crippen MR) is 187 cm³/mol. The quantitative estimate of drug-likeness (QED) is 0.0301. The van der Waals surface area contributed by atoms with E-state index in [1.165, 1.54) is 0 Å². The standard InChI is InChI=1S/C18H25F5N2O3.C8H13NO3.C5H12N2O.C2H6.CH2O2/c19-14-12(15(20)17(22)18(23)16(14)21)4-2-1-3-7-25-13(26)5-8-27-10-11-28-9-6-24;9-3-1-5-11-7-8-12-6-2-4-10;1-7-4-2-3-5(6)8;1-2;2-1-3/h1-11,24H2,(H,25,26);4H,1-2,5-8H2;7H,2-4H2,1H3,(H2,6,8);1-2H3;1H,(H,2,3). The molecule has 0 saturated heterocycles. The number of unbranched alkanes of at least 4 members (excludes halogenated alkanes) is 2. The highest BCUT2D eigenvalue weighted by Gasteiger charge is 2.25. The number of rotatable bonds is 26. The van der Waals surface area contributed by atoms with Crippen molar-refractivity contribution in [3.05, 3.63) is 34.6 Å². The van der Waals surface area contributed by atoms with E-state index in [4.69, 9.17) is 45.6 Å². The van der Waals surface area contributed by atoms with E-state index >= 15 is 0 Å². The van der Waals surface area contributed by atoms with E-state index < -0.39 is 34.6 Å². The fraction of sp³-hybridized carbons (Fsp3) is 0.676. The lowest BCUT2D eigenvalue weighted by molar-refractivity contribution is -0.123. The Balaban J connectivity index is -0.000000393. The second kappa shape index (κ2) is 44.4. The Labute approximate surface area is 309 Å². The number of benzene rings is 1. The van der Waals surface area contributed by atoms with E-state index in [1.807, 2.05) is 27.0 Å². The van der Waals surface area contributed by atoms with Crippen LogP contribution in [0.3, 0.4) is 0 Å². The molecule has 1 aromatic carbocycles. The predicted octanol–water partition coefficient (Wildman–Crippen LogP) is 3.31. The summed E-state index contributed by atoms with van der Waals surface area (Å²) in [5.41, 5.74) is 9.30. The number of nitrogens with one attached hydrogen (secondary N) is 2. The number of carboxylic acid groups (broad SMARTS) is 1. The number of carbonyl (C=O) groups is 4. The second-order valence-electron chi connectivity index (χ2n) is 9.84. The SMILES string of the molecule is CC.CNCCCC(N)=O.N#CCCOCCOCCC=O.NCCOCCOCCC(=O)NCCCCCc1c(F)c(F)c(F)c(F)c1F.O=CO. The van der Waals surface area contributed by atoms with E-state index in [9.17, 15) is 36.3 Å². The van der Waals surface area contributed by atoms with E-state index in [0.29, 0.717) is 91.4 Å². The van der Waals surface area contributed by atoms with Crippen LogP contribution in [0.4, 0.5) is 22.0 Å². The van der Waals surface area contributed by atoms with Crippen molar-refractivity contribution in [2.75, 3.05) is 79.5 Å². The molecule has 0 saturated carbocycles. The van der Waals surface area contributed by atoms with Crippen LogP contribution < -0.4 is 22.1 Å². The summed E-state index contributed by atoms with van der Waals surface area (Å²) in [6, 6.07) is 1.97. The lowest BCUT2D eigenvalue weighted by atomic mass is 10.0. The molecule has 308 valence electrons. The number of carbonyl (C=O) groups excluding carboxylic acids is 3. The molecule has 2 amide bonds. The highest BCUT2D eigenvalue weighted by molar-refractivity contribution is 5.75. The topological polar surface area (TPSA) is 225 Å². The molecule has 19 heteroatoms. The number of nitrogens with zero attached hydrogens (tertiary/aromatic N) is 1. The molecular formula is C34H58F5N5O9. The van der Waals surface area contributed by atoms with Crippen LogP contribution in [0.2, 0.25) is 0 Å². The van der Waals surface area contributed by atoms with Gasteiger partial charge in [0.15, 0.2) is 23.3 Å². The van der Waals surface area contributed by atoms with Gasteiger partial charge in [0.25, 0.3) is 6.47 Å². The van der Waals surface area contributed by atoms with Crippen molar-refractivity contribution in [2.24, 2.45) is 11.5 Å². The van der Waals surface area contributed by atoms with Gasteiger partial charge >= 0.3 is 0 Å². The maximum absolute atomic E-state index is 13.5. The van der Waals surface area contributed by atoms with Crippen LogP contribution in [0.25, 0.3) is 0 Å². The first kappa shape index (κ1) is 55.9. The van der Waals surface area contributed by atoms with Crippen LogP contribution in [0.15, 0.2) is 0 Å². The fourth-order valence-electron chi connectivity index (χ4n) is 3.37. The van der Waals surface area contributed by atoms with Crippen LogP contribution in [0, 0.1) is 40.4 Å². The normalized spacial score (nSPS) is 9.66. The number of halogens is 5. The van der Waals surface area contributed by atoms with Gasteiger partial charge in [-0.1, -0.05) is 20.3 Å². The van der Waals surface area contributed by atoms with Gasteiger partial charge < -0.3 is 50.9 Å². The zero-order valence-electron chi connectivity index (χ0n) is 31.0. The Hall–Kier alpha value is -3.80. The fourth-order valence-corrected chi connectivity index (χ4v) is 3.37. The molecule has 1 rings (SSSR count). The number of nitriles is 1. The van der Waals surface area contributed by atoms with E-state index in [0.717, 1.165) is 19.3 Å². The minimum absolute atomic E-state index is 0.182. The van der Waals surface area contributed by atoms with Crippen LogP contribution >= 0.6 is 0 Å². The number of amides is 2. The summed E-state index contributed by atoms with van der Waals surface area (Å²) in [7, 11) is 1.85. The lowest BCUT2D eigenvalue weighted by Gasteiger charge is -2.09. The average molecular weight is 776 g/mol. The molecule has 0 radical (unpaired) electrons. The van der Waals surface area contributed by atoms with Crippen LogP contribution in [0.5, 0.6) is 0 Å². The Morgan fingerprint density at radius 3 is 1.75 bits per heavy atom. The Bertz CT molecular complexity index is 1070. The molecule has 0 aliphatic carbocycles. The van der Waals surface area contributed by atoms with Crippen molar-refractivity contribution in [3.63, 3.8) is 0 Å². The number of nitrogens with two attached hydrogens (primary N) is 2. The molecule has 14 nitrogen and oxygen atoms in total. The number of ether oxygens (including phenoxy) is 4. The average Bonchev–Trinajstić information content (AvgIpc) is 3.15. The van der Waals surface area contributed by atoms with Gasteiger partial charge in [-0.3, -0.25) is 14.4 Å². The van der Waals surface area contributed by atoms with Gasteiger partial charge in [-0.05, 0) is 39.3 Å². The largest absolute Gasteiger partial charge is 0.483 e. The molecule has 0 aliphatic rings. The van der Waals surface area contributed by atoms with Gasteiger partial charge in [0.1, 0.15) is 6.29 Å². The van der Waals surface area contributed by atoms with Crippen LogP contribution in [0.1, 0.15) is 70.8 Å². The molecule has 0 unspecified atom stereocenters. The van der Waals surface area contributed by atoms with Gasteiger partial charge in [0.2, 0.25) is 17.6 Å². The second-order valence-corrected chi connectivity index (χ2v) is 9.84. The molecule has 0 fully saturated rings. The minimum Gasteiger partial charge on any atom is -0.483 e. The first-order chi connectivity index (χ1) is 25.5.